The molecular formula is C9H6BrFOS. The number of halogens is 2. The van der Waals surface area contributed by atoms with Crippen molar-refractivity contribution >= 4 is 37.4 Å². The van der Waals surface area contributed by atoms with Gasteiger partial charge in [0.1, 0.15) is 5.75 Å². The third-order valence-corrected chi connectivity index (χ3v) is 3.29. The van der Waals surface area contributed by atoms with Crippen LogP contribution in [-0.4, -0.2) is 7.11 Å². The maximum Gasteiger partial charge on any atom is 0.177 e. The first kappa shape index (κ1) is 8.97. The summed E-state index contributed by atoms with van der Waals surface area (Å²) in [4.78, 5) is 0. The molecule has 13 heavy (non-hydrogen) atoms. The summed E-state index contributed by atoms with van der Waals surface area (Å²) >= 11 is 4.48. The first-order valence-electron chi connectivity index (χ1n) is 3.63. The third kappa shape index (κ3) is 1.56. The number of methoxy groups -OCH3 is 1. The fourth-order valence-corrected chi connectivity index (χ4v) is 2.68. The highest BCUT2D eigenvalue weighted by atomic mass is 79.9. The van der Waals surface area contributed by atoms with Crippen LogP contribution in [0, 0.1) is 5.13 Å². The summed E-state index contributed by atoms with van der Waals surface area (Å²) in [6.07, 6.45) is 0. The molecule has 1 heterocycles. The van der Waals surface area contributed by atoms with Gasteiger partial charge in [0.25, 0.3) is 0 Å². The van der Waals surface area contributed by atoms with Gasteiger partial charge < -0.3 is 4.74 Å². The molecule has 2 aromatic rings. The maximum absolute atomic E-state index is 12.9. The lowest BCUT2D eigenvalue weighted by molar-refractivity contribution is 0.415. The number of rotatable bonds is 1. The lowest BCUT2D eigenvalue weighted by Crippen LogP contribution is -1.81. The van der Waals surface area contributed by atoms with Crippen LogP contribution in [0.2, 0.25) is 0 Å². The summed E-state index contributed by atoms with van der Waals surface area (Å²) in [5.41, 5.74) is 0. The minimum absolute atomic E-state index is 0.177. The van der Waals surface area contributed by atoms with E-state index >= 15 is 0 Å². The minimum Gasteiger partial charge on any atom is -0.497 e. The van der Waals surface area contributed by atoms with Gasteiger partial charge >= 0.3 is 0 Å². The standard InChI is InChI=1S/C9H6BrFOS/c1-12-5-2-7(10)6-4-9(11)13-8(6)3-5/h2-4H,1H3. The average molecular weight is 261 g/mol. The molecule has 0 unspecified atom stereocenters. The van der Waals surface area contributed by atoms with Crippen molar-refractivity contribution in [2.24, 2.45) is 0 Å². The first-order valence-corrected chi connectivity index (χ1v) is 5.24. The Kier molecular flexibility index (Phi) is 2.26. The molecule has 1 aromatic heterocycles. The number of hydrogen-bond donors (Lipinski definition) is 0. The van der Waals surface area contributed by atoms with E-state index in [0.717, 1.165) is 31.6 Å². The Balaban J connectivity index is 2.75. The van der Waals surface area contributed by atoms with E-state index in [1.807, 2.05) is 12.1 Å². The van der Waals surface area contributed by atoms with Gasteiger partial charge in [-0.3, -0.25) is 0 Å². The molecule has 1 nitrogen and oxygen atoms in total. The van der Waals surface area contributed by atoms with Crippen molar-refractivity contribution in [1.29, 1.82) is 0 Å². The van der Waals surface area contributed by atoms with E-state index in [4.69, 9.17) is 4.74 Å². The van der Waals surface area contributed by atoms with Gasteiger partial charge in [-0.25, -0.2) is 0 Å². The van der Waals surface area contributed by atoms with Crippen LogP contribution < -0.4 is 4.74 Å². The number of fused-ring (bicyclic) bond motifs is 1. The van der Waals surface area contributed by atoms with Crippen molar-refractivity contribution in [3.05, 3.63) is 27.8 Å². The number of thiophene rings is 1. The molecule has 4 heteroatoms. The van der Waals surface area contributed by atoms with Crippen LogP contribution in [0.4, 0.5) is 4.39 Å². The Morgan fingerprint density at radius 1 is 1.38 bits per heavy atom. The van der Waals surface area contributed by atoms with Crippen LogP contribution in [0.3, 0.4) is 0 Å². The third-order valence-electron chi connectivity index (χ3n) is 1.77. The summed E-state index contributed by atoms with van der Waals surface area (Å²) < 4.78 is 19.7. The van der Waals surface area contributed by atoms with E-state index in [1.165, 1.54) is 6.07 Å². The highest BCUT2D eigenvalue weighted by molar-refractivity contribution is 9.10. The van der Waals surface area contributed by atoms with Gasteiger partial charge in [-0.2, -0.15) is 4.39 Å². The van der Waals surface area contributed by atoms with E-state index in [1.54, 1.807) is 7.11 Å². The molecule has 0 saturated heterocycles. The summed E-state index contributed by atoms with van der Waals surface area (Å²) in [7, 11) is 1.59. The van der Waals surface area contributed by atoms with Crippen molar-refractivity contribution in [3.63, 3.8) is 0 Å². The Bertz CT molecular complexity index is 452. The predicted octanol–water partition coefficient (Wildman–Crippen LogP) is 3.81. The fraction of sp³-hybridized carbons (Fsp3) is 0.111. The van der Waals surface area contributed by atoms with Gasteiger partial charge in [-0.1, -0.05) is 0 Å². The van der Waals surface area contributed by atoms with Gasteiger partial charge in [-0.05, 0) is 34.1 Å². The number of hydrogen-bond acceptors (Lipinski definition) is 2. The second-order valence-corrected chi connectivity index (χ2v) is 4.46. The van der Waals surface area contributed by atoms with Crippen molar-refractivity contribution in [2.75, 3.05) is 7.11 Å². The van der Waals surface area contributed by atoms with Gasteiger partial charge in [0, 0.05) is 14.6 Å². The normalized spacial score (nSPS) is 10.7. The zero-order valence-corrected chi connectivity index (χ0v) is 9.21. The Hall–Kier alpha value is -0.610. The van der Waals surface area contributed by atoms with Crippen LogP contribution in [0.5, 0.6) is 5.75 Å². The quantitative estimate of drug-likeness (QED) is 0.758. The van der Waals surface area contributed by atoms with Gasteiger partial charge in [-0.15, -0.1) is 11.3 Å². The summed E-state index contributed by atoms with van der Waals surface area (Å²) in [6, 6.07) is 5.17. The highest BCUT2D eigenvalue weighted by Crippen LogP contribution is 2.34. The van der Waals surface area contributed by atoms with Crippen LogP contribution in [0.25, 0.3) is 10.1 Å². The van der Waals surface area contributed by atoms with Crippen molar-refractivity contribution in [3.8, 4) is 5.75 Å². The molecule has 2 rings (SSSR count). The summed E-state index contributed by atoms with van der Waals surface area (Å²) in [5, 5.41) is 0.715. The summed E-state index contributed by atoms with van der Waals surface area (Å²) in [5.74, 6) is 0.737. The fourth-order valence-electron chi connectivity index (χ4n) is 1.16. The van der Waals surface area contributed by atoms with Crippen LogP contribution in [0.15, 0.2) is 22.7 Å². The van der Waals surface area contributed by atoms with E-state index in [9.17, 15) is 4.39 Å². The molecule has 0 bridgehead atoms. The maximum atomic E-state index is 12.9. The summed E-state index contributed by atoms with van der Waals surface area (Å²) in [6.45, 7) is 0. The molecule has 1 aromatic carbocycles. The molecule has 0 fully saturated rings. The molecule has 0 aliphatic heterocycles. The largest absolute Gasteiger partial charge is 0.497 e. The van der Waals surface area contributed by atoms with E-state index in [0.29, 0.717) is 0 Å². The molecule has 0 radical (unpaired) electrons. The lowest BCUT2D eigenvalue weighted by atomic mass is 10.2. The molecule has 0 aliphatic carbocycles. The number of benzene rings is 1. The van der Waals surface area contributed by atoms with Gasteiger partial charge in [0.05, 0.1) is 7.11 Å². The molecule has 0 amide bonds. The van der Waals surface area contributed by atoms with Gasteiger partial charge in [0.2, 0.25) is 0 Å². The van der Waals surface area contributed by atoms with Crippen molar-refractivity contribution in [2.45, 2.75) is 0 Å². The van der Waals surface area contributed by atoms with E-state index in [2.05, 4.69) is 15.9 Å². The Morgan fingerprint density at radius 3 is 2.85 bits per heavy atom. The second kappa shape index (κ2) is 3.27. The van der Waals surface area contributed by atoms with Crippen LogP contribution >= 0.6 is 27.3 Å². The number of ether oxygens (including phenoxy) is 1. The van der Waals surface area contributed by atoms with E-state index in [-0.39, 0.29) is 5.13 Å². The Morgan fingerprint density at radius 2 is 2.15 bits per heavy atom. The van der Waals surface area contributed by atoms with Crippen LogP contribution in [-0.2, 0) is 0 Å². The molecule has 0 spiro atoms. The molecular weight excluding hydrogens is 255 g/mol. The second-order valence-electron chi connectivity index (χ2n) is 2.57. The predicted molar refractivity (Wildman–Crippen MR) is 56.0 cm³/mol. The van der Waals surface area contributed by atoms with E-state index < -0.39 is 0 Å². The van der Waals surface area contributed by atoms with Gasteiger partial charge in [0.15, 0.2) is 5.13 Å². The zero-order valence-electron chi connectivity index (χ0n) is 6.80. The van der Waals surface area contributed by atoms with Crippen LogP contribution in [0.1, 0.15) is 0 Å². The molecule has 0 atom stereocenters. The molecule has 0 N–H and O–H groups in total. The first-order chi connectivity index (χ1) is 6.20. The van der Waals surface area contributed by atoms with Crippen molar-refractivity contribution in [1.82, 2.24) is 0 Å². The van der Waals surface area contributed by atoms with Crippen molar-refractivity contribution < 1.29 is 9.13 Å². The SMILES string of the molecule is COc1cc(Br)c2cc(F)sc2c1. The zero-order chi connectivity index (χ0) is 9.42. The lowest BCUT2D eigenvalue weighted by Gasteiger charge is -2.00. The molecule has 0 aliphatic rings. The highest BCUT2D eigenvalue weighted by Gasteiger charge is 2.06. The topological polar surface area (TPSA) is 9.23 Å². The Labute approximate surface area is 87.3 Å². The molecule has 0 saturated carbocycles. The molecule has 68 valence electrons. The smallest absolute Gasteiger partial charge is 0.177 e. The average Bonchev–Trinajstić information content (AvgIpc) is 2.46. The monoisotopic (exact) mass is 260 g/mol. The minimum atomic E-state index is -0.177.